The molecule has 0 saturated carbocycles. The lowest BCUT2D eigenvalue weighted by Gasteiger charge is -2.31. The minimum absolute atomic E-state index is 0.114. The zero-order valence-corrected chi connectivity index (χ0v) is 11.4. The quantitative estimate of drug-likeness (QED) is 0.852. The van der Waals surface area contributed by atoms with E-state index >= 15 is 0 Å². The molecule has 4 heteroatoms. The average molecular weight is 259 g/mol. The van der Waals surface area contributed by atoms with Crippen LogP contribution >= 0.6 is 0 Å². The molecule has 1 amide bonds. The highest BCUT2D eigenvalue weighted by molar-refractivity contribution is 5.99. The molecule has 4 nitrogen and oxygen atoms in total. The highest BCUT2D eigenvalue weighted by Crippen LogP contribution is 2.24. The summed E-state index contributed by atoms with van der Waals surface area (Å²) in [5.74, 6) is 0.114. The Balaban J connectivity index is 1.58. The predicted octanol–water partition coefficient (Wildman–Crippen LogP) is 1.02. The van der Waals surface area contributed by atoms with Crippen LogP contribution in [0.5, 0.6) is 0 Å². The molecular formula is C15H21N3O. The largest absolute Gasteiger partial charge is 0.326 e. The van der Waals surface area contributed by atoms with Gasteiger partial charge in [0, 0.05) is 31.4 Å². The maximum Gasteiger partial charge on any atom is 0.228 e. The summed E-state index contributed by atoms with van der Waals surface area (Å²) in [7, 11) is 2.18. The van der Waals surface area contributed by atoms with Crippen molar-refractivity contribution in [3.63, 3.8) is 0 Å². The first kappa shape index (κ1) is 12.6. The van der Waals surface area contributed by atoms with E-state index < -0.39 is 0 Å². The van der Waals surface area contributed by atoms with E-state index in [-0.39, 0.29) is 5.91 Å². The highest BCUT2D eigenvalue weighted by Gasteiger charge is 2.19. The molecule has 0 aromatic heterocycles. The van der Waals surface area contributed by atoms with Crippen molar-refractivity contribution in [1.29, 1.82) is 0 Å². The van der Waals surface area contributed by atoms with Gasteiger partial charge in [-0.1, -0.05) is 12.1 Å². The molecule has 0 radical (unpaired) electrons. The Morgan fingerprint density at radius 2 is 2.32 bits per heavy atom. The Kier molecular flexibility index (Phi) is 3.53. The van der Waals surface area contributed by atoms with Crippen molar-refractivity contribution >= 4 is 11.6 Å². The molecule has 0 spiro atoms. The number of hydrogen-bond acceptors (Lipinski definition) is 3. The first-order valence-electron chi connectivity index (χ1n) is 7.04. The number of fused-ring (bicyclic) bond motifs is 1. The summed E-state index contributed by atoms with van der Waals surface area (Å²) in [6.07, 6.45) is 2.77. The summed E-state index contributed by atoms with van der Waals surface area (Å²) in [6.45, 7) is 3.36. The molecule has 19 heavy (non-hydrogen) atoms. The molecule has 1 fully saturated rings. The standard InChI is InChI=1S/C15H21N3O/c1-18-7-6-16-13(10-18)4-2-11-3-5-14-12(8-11)9-15(19)17-14/h3,5,8,13,16H,2,4,6-7,9-10H2,1H3,(H,17,19). The van der Waals surface area contributed by atoms with Crippen molar-refractivity contribution in [1.82, 2.24) is 10.2 Å². The number of rotatable bonds is 3. The molecule has 1 saturated heterocycles. The van der Waals surface area contributed by atoms with Crippen molar-refractivity contribution in [2.45, 2.75) is 25.3 Å². The van der Waals surface area contributed by atoms with E-state index in [0.717, 1.165) is 43.7 Å². The third-order valence-corrected chi connectivity index (χ3v) is 4.03. The molecule has 0 aliphatic carbocycles. The van der Waals surface area contributed by atoms with Crippen LogP contribution in [0.3, 0.4) is 0 Å². The number of amides is 1. The van der Waals surface area contributed by atoms with Crippen molar-refractivity contribution in [3.05, 3.63) is 29.3 Å². The fourth-order valence-electron chi connectivity index (χ4n) is 2.96. The third kappa shape index (κ3) is 2.96. The predicted molar refractivity (Wildman–Crippen MR) is 76.4 cm³/mol. The minimum atomic E-state index is 0.114. The maximum atomic E-state index is 11.3. The lowest BCUT2D eigenvalue weighted by Crippen LogP contribution is -2.49. The number of likely N-dealkylation sites (N-methyl/N-ethyl adjacent to an activating group) is 1. The Bertz CT molecular complexity index is 486. The van der Waals surface area contributed by atoms with Crippen LogP contribution in [0, 0.1) is 0 Å². The van der Waals surface area contributed by atoms with Gasteiger partial charge in [-0.2, -0.15) is 0 Å². The Morgan fingerprint density at radius 1 is 1.42 bits per heavy atom. The molecule has 2 heterocycles. The number of nitrogens with zero attached hydrogens (tertiary/aromatic N) is 1. The number of benzene rings is 1. The average Bonchev–Trinajstić information content (AvgIpc) is 2.75. The monoisotopic (exact) mass is 259 g/mol. The van der Waals surface area contributed by atoms with Gasteiger partial charge in [-0.15, -0.1) is 0 Å². The molecule has 1 unspecified atom stereocenters. The summed E-state index contributed by atoms with van der Waals surface area (Å²) in [5, 5.41) is 6.45. The Morgan fingerprint density at radius 3 is 3.16 bits per heavy atom. The molecule has 102 valence electrons. The van der Waals surface area contributed by atoms with Gasteiger partial charge in [0.05, 0.1) is 6.42 Å². The lowest BCUT2D eigenvalue weighted by molar-refractivity contribution is -0.115. The lowest BCUT2D eigenvalue weighted by atomic mass is 10.0. The second kappa shape index (κ2) is 5.31. The van der Waals surface area contributed by atoms with Crippen LogP contribution in [-0.4, -0.2) is 43.5 Å². The summed E-state index contributed by atoms with van der Waals surface area (Å²) in [5.41, 5.74) is 3.48. The summed E-state index contributed by atoms with van der Waals surface area (Å²) < 4.78 is 0. The van der Waals surface area contributed by atoms with E-state index in [2.05, 4.69) is 34.7 Å². The van der Waals surface area contributed by atoms with Crippen LogP contribution in [0.4, 0.5) is 5.69 Å². The number of hydrogen-bond donors (Lipinski definition) is 2. The molecule has 1 atom stereocenters. The topological polar surface area (TPSA) is 44.4 Å². The van der Waals surface area contributed by atoms with Crippen LogP contribution in [0.25, 0.3) is 0 Å². The van der Waals surface area contributed by atoms with Crippen molar-refractivity contribution in [2.75, 3.05) is 32.0 Å². The molecule has 3 rings (SSSR count). The smallest absolute Gasteiger partial charge is 0.228 e. The van der Waals surface area contributed by atoms with E-state index in [1.54, 1.807) is 0 Å². The van der Waals surface area contributed by atoms with Gasteiger partial charge in [0.15, 0.2) is 0 Å². The molecule has 2 aliphatic rings. The van der Waals surface area contributed by atoms with Gasteiger partial charge in [0.25, 0.3) is 0 Å². The van der Waals surface area contributed by atoms with Crippen LogP contribution < -0.4 is 10.6 Å². The van der Waals surface area contributed by atoms with E-state index in [0.29, 0.717) is 12.5 Å². The van der Waals surface area contributed by atoms with Gasteiger partial charge in [0.2, 0.25) is 5.91 Å². The zero-order chi connectivity index (χ0) is 13.2. The van der Waals surface area contributed by atoms with Gasteiger partial charge in [0.1, 0.15) is 0 Å². The SMILES string of the molecule is CN1CCNC(CCc2ccc3c(c2)CC(=O)N3)C1. The summed E-state index contributed by atoms with van der Waals surface area (Å²) in [6, 6.07) is 6.94. The first-order valence-corrected chi connectivity index (χ1v) is 7.04. The van der Waals surface area contributed by atoms with E-state index in [9.17, 15) is 4.79 Å². The van der Waals surface area contributed by atoms with Crippen molar-refractivity contribution in [2.24, 2.45) is 0 Å². The highest BCUT2D eigenvalue weighted by atomic mass is 16.1. The van der Waals surface area contributed by atoms with Crippen molar-refractivity contribution < 1.29 is 4.79 Å². The molecular weight excluding hydrogens is 238 g/mol. The Hall–Kier alpha value is -1.39. The van der Waals surface area contributed by atoms with E-state index in [1.807, 2.05) is 6.07 Å². The van der Waals surface area contributed by atoms with E-state index in [4.69, 9.17) is 0 Å². The van der Waals surface area contributed by atoms with Crippen molar-refractivity contribution in [3.8, 4) is 0 Å². The van der Waals surface area contributed by atoms with Gasteiger partial charge >= 0.3 is 0 Å². The van der Waals surface area contributed by atoms with Crippen LogP contribution in [-0.2, 0) is 17.6 Å². The number of anilines is 1. The fourth-order valence-corrected chi connectivity index (χ4v) is 2.96. The summed E-state index contributed by atoms with van der Waals surface area (Å²) >= 11 is 0. The minimum Gasteiger partial charge on any atom is -0.326 e. The number of nitrogens with one attached hydrogen (secondary N) is 2. The second-order valence-electron chi connectivity index (χ2n) is 5.67. The Labute approximate surface area is 114 Å². The number of aryl methyl sites for hydroxylation is 1. The molecule has 1 aromatic carbocycles. The first-order chi connectivity index (χ1) is 9.20. The number of carbonyl (C=O) groups excluding carboxylic acids is 1. The number of carbonyl (C=O) groups is 1. The molecule has 1 aromatic rings. The summed E-state index contributed by atoms with van der Waals surface area (Å²) in [4.78, 5) is 13.7. The molecule has 0 bridgehead atoms. The molecule has 2 aliphatic heterocycles. The van der Waals surface area contributed by atoms with Gasteiger partial charge in [-0.3, -0.25) is 4.79 Å². The van der Waals surface area contributed by atoms with Crippen LogP contribution in [0.1, 0.15) is 17.5 Å². The van der Waals surface area contributed by atoms with Crippen LogP contribution in [0.2, 0.25) is 0 Å². The number of piperazine rings is 1. The normalized spacial score (nSPS) is 23.2. The second-order valence-corrected chi connectivity index (χ2v) is 5.67. The maximum absolute atomic E-state index is 11.3. The zero-order valence-electron chi connectivity index (χ0n) is 11.4. The van der Waals surface area contributed by atoms with Crippen LogP contribution in [0.15, 0.2) is 18.2 Å². The van der Waals surface area contributed by atoms with Gasteiger partial charge in [-0.25, -0.2) is 0 Å². The fraction of sp³-hybridized carbons (Fsp3) is 0.533. The van der Waals surface area contributed by atoms with Gasteiger partial charge in [-0.05, 0) is 37.1 Å². The van der Waals surface area contributed by atoms with Gasteiger partial charge < -0.3 is 15.5 Å². The van der Waals surface area contributed by atoms with E-state index in [1.165, 1.54) is 5.56 Å². The third-order valence-electron chi connectivity index (χ3n) is 4.03. The molecule has 2 N–H and O–H groups in total.